The molecule has 1 saturated heterocycles. The SMILES string of the molecule is CCc1ccccc1-c1nccc(C2=CCN3CCNC(=O)C3=C2)n1. The molecule has 1 N–H and O–H groups in total. The van der Waals surface area contributed by atoms with Gasteiger partial charge >= 0.3 is 0 Å². The van der Waals surface area contributed by atoms with Crippen molar-refractivity contribution in [1.29, 1.82) is 0 Å². The summed E-state index contributed by atoms with van der Waals surface area (Å²) in [6.07, 6.45) is 6.78. The second-order valence-corrected chi connectivity index (χ2v) is 6.17. The summed E-state index contributed by atoms with van der Waals surface area (Å²) in [7, 11) is 0. The molecule has 5 heteroatoms. The average molecular weight is 332 g/mol. The molecule has 2 aliphatic rings. The van der Waals surface area contributed by atoms with Crippen LogP contribution in [0, 0.1) is 0 Å². The van der Waals surface area contributed by atoms with E-state index in [1.165, 1.54) is 5.56 Å². The molecule has 1 fully saturated rings. The molecular weight excluding hydrogens is 312 g/mol. The van der Waals surface area contributed by atoms with Gasteiger partial charge in [-0.25, -0.2) is 9.97 Å². The number of carbonyl (C=O) groups is 1. The summed E-state index contributed by atoms with van der Waals surface area (Å²) in [4.78, 5) is 23.4. The zero-order valence-electron chi connectivity index (χ0n) is 14.2. The van der Waals surface area contributed by atoms with E-state index in [9.17, 15) is 4.79 Å². The Hall–Kier alpha value is -2.95. The molecule has 0 unspecified atom stereocenters. The zero-order valence-corrected chi connectivity index (χ0v) is 14.2. The van der Waals surface area contributed by atoms with Crippen LogP contribution in [0.3, 0.4) is 0 Å². The second-order valence-electron chi connectivity index (χ2n) is 6.17. The molecule has 3 heterocycles. The van der Waals surface area contributed by atoms with E-state index in [0.717, 1.165) is 47.9 Å². The molecule has 2 aliphatic heterocycles. The fourth-order valence-corrected chi connectivity index (χ4v) is 3.29. The number of carbonyl (C=O) groups excluding carboxylic acids is 1. The molecule has 0 aliphatic carbocycles. The highest BCUT2D eigenvalue weighted by Crippen LogP contribution is 2.26. The van der Waals surface area contributed by atoms with Gasteiger partial charge in [0.15, 0.2) is 5.82 Å². The van der Waals surface area contributed by atoms with E-state index >= 15 is 0 Å². The van der Waals surface area contributed by atoms with Crippen LogP contribution in [0.1, 0.15) is 18.2 Å². The van der Waals surface area contributed by atoms with Crippen molar-refractivity contribution in [3.8, 4) is 11.4 Å². The fraction of sp³-hybridized carbons (Fsp3) is 0.250. The molecule has 0 bridgehead atoms. The average Bonchev–Trinajstić information content (AvgIpc) is 2.68. The lowest BCUT2D eigenvalue weighted by Crippen LogP contribution is -2.46. The van der Waals surface area contributed by atoms with Crippen molar-refractivity contribution in [3.05, 3.63) is 65.6 Å². The first-order valence-electron chi connectivity index (χ1n) is 8.63. The van der Waals surface area contributed by atoms with Crippen molar-refractivity contribution in [1.82, 2.24) is 20.2 Å². The van der Waals surface area contributed by atoms with E-state index in [1.54, 1.807) is 6.20 Å². The Bertz CT molecular complexity index is 885. The lowest BCUT2D eigenvalue weighted by atomic mass is 10.0. The first-order chi connectivity index (χ1) is 12.3. The quantitative estimate of drug-likeness (QED) is 0.938. The van der Waals surface area contributed by atoms with Crippen molar-refractivity contribution >= 4 is 11.5 Å². The molecule has 1 aromatic carbocycles. The number of nitrogens with zero attached hydrogens (tertiary/aromatic N) is 3. The van der Waals surface area contributed by atoms with Gasteiger partial charge in [-0.15, -0.1) is 0 Å². The van der Waals surface area contributed by atoms with Crippen LogP contribution in [0.25, 0.3) is 17.0 Å². The minimum Gasteiger partial charge on any atom is -0.362 e. The first kappa shape index (κ1) is 15.6. The highest BCUT2D eigenvalue weighted by molar-refractivity contribution is 5.97. The van der Waals surface area contributed by atoms with E-state index in [0.29, 0.717) is 6.54 Å². The Morgan fingerprint density at radius 2 is 2.12 bits per heavy atom. The summed E-state index contributed by atoms with van der Waals surface area (Å²) in [5, 5.41) is 2.90. The maximum absolute atomic E-state index is 12.1. The van der Waals surface area contributed by atoms with Crippen molar-refractivity contribution in [3.63, 3.8) is 0 Å². The van der Waals surface area contributed by atoms with Gasteiger partial charge in [-0.2, -0.15) is 0 Å². The number of aromatic nitrogens is 2. The third kappa shape index (κ3) is 2.93. The number of nitrogens with one attached hydrogen (secondary N) is 1. The van der Waals surface area contributed by atoms with E-state index in [2.05, 4.69) is 40.3 Å². The summed E-state index contributed by atoms with van der Waals surface area (Å²) in [5.41, 5.74) is 4.83. The molecule has 25 heavy (non-hydrogen) atoms. The van der Waals surface area contributed by atoms with Gasteiger partial charge in [-0.3, -0.25) is 4.79 Å². The molecule has 4 rings (SSSR count). The van der Waals surface area contributed by atoms with Crippen LogP contribution in [-0.4, -0.2) is 40.4 Å². The predicted octanol–water partition coefficient (Wildman–Crippen LogP) is 2.42. The van der Waals surface area contributed by atoms with Crippen molar-refractivity contribution in [2.24, 2.45) is 0 Å². The Kier molecular flexibility index (Phi) is 4.06. The van der Waals surface area contributed by atoms with E-state index in [1.807, 2.05) is 24.3 Å². The standard InChI is InChI=1S/C20H20N4O/c1-2-14-5-3-4-6-16(14)19-21-9-7-17(23-19)15-8-11-24-12-10-22-20(25)18(24)13-15/h3-9,13H,2,10-12H2,1H3,(H,22,25). The number of fused-ring (bicyclic) bond motifs is 1. The molecule has 0 saturated carbocycles. The largest absolute Gasteiger partial charge is 0.362 e. The molecule has 126 valence electrons. The van der Waals surface area contributed by atoms with Crippen LogP contribution in [0.2, 0.25) is 0 Å². The predicted molar refractivity (Wildman–Crippen MR) is 97.5 cm³/mol. The van der Waals surface area contributed by atoms with Crippen LogP contribution in [0.4, 0.5) is 0 Å². The molecule has 5 nitrogen and oxygen atoms in total. The molecule has 1 aromatic heterocycles. The number of hydrogen-bond acceptors (Lipinski definition) is 4. The minimum atomic E-state index is -0.0116. The smallest absolute Gasteiger partial charge is 0.267 e. The maximum Gasteiger partial charge on any atom is 0.267 e. The fourth-order valence-electron chi connectivity index (χ4n) is 3.29. The van der Waals surface area contributed by atoms with Gasteiger partial charge < -0.3 is 10.2 Å². The number of allylic oxidation sites excluding steroid dienone is 2. The lowest BCUT2D eigenvalue weighted by Gasteiger charge is -2.32. The molecular formula is C20H20N4O. The normalized spacial score (nSPS) is 16.7. The summed E-state index contributed by atoms with van der Waals surface area (Å²) < 4.78 is 0. The number of amides is 1. The van der Waals surface area contributed by atoms with Gasteiger partial charge in [0.05, 0.1) is 5.69 Å². The van der Waals surface area contributed by atoms with E-state index in [4.69, 9.17) is 4.98 Å². The number of benzene rings is 1. The molecule has 0 radical (unpaired) electrons. The van der Waals surface area contributed by atoms with E-state index < -0.39 is 0 Å². The van der Waals surface area contributed by atoms with Crippen LogP contribution in [0.15, 0.2) is 54.4 Å². The Morgan fingerprint density at radius 3 is 3.00 bits per heavy atom. The van der Waals surface area contributed by atoms with Crippen molar-refractivity contribution in [2.45, 2.75) is 13.3 Å². The lowest BCUT2D eigenvalue weighted by molar-refractivity contribution is -0.120. The van der Waals surface area contributed by atoms with Gasteiger partial charge in [0.25, 0.3) is 5.91 Å². The zero-order chi connectivity index (χ0) is 17.2. The van der Waals surface area contributed by atoms with Gasteiger partial charge in [0, 0.05) is 37.0 Å². The summed E-state index contributed by atoms with van der Waals surface area (Å²) in [5.74, 6) is 0.715. The van der Waals surface area contributed by atoms with Gasteiger partial charge in [0.1, 0.15) is 5.70 Å². The Balaban J connectivity index is 1.71. The summed E-state index contributed by atoms with van der Waals surface area (Å²) in [6.45, 7) is 4.41. The third-order valence-electron chi connectivity index (χ3n) is 4.65. The summed E-state index contributed by atoms with van der Waals surface area (Å²) in [6, 6.07) is 10.1. The van der Waals surface area contributed by atoms with Crippen LogP contribution in [-0.2, 0) is 11.2 Å². The minimum absolute atomic E-state index is 0.0116. The highest BCUT2D eigenvalue weighted by atomic mass is 16.2. The topological polar surface area (TPSA) is 58.1 Å². The second kappa shape index (κ2) is 6.51. The van der Waals surface area contributed by atoms with E-state index in [-0.39, 0.29) is 5.91 Å². The van der Waals surface area contributed by atoms with Crippen molar-refractivity contribution in [2.75, 3.05) is 19.6 Å². The molecule has 1 amide bonds. The van der Waals surface area contributed by atoms with Gasteiger partial charge in [-0.05, 0) is 24.1 Å². The Morgan fingerprint density at radius 1 is 1.24 bits per heavy atom. The number of hydrogen-bond donors (Lipinski definition) is 1. The van der Waals surface area contributed by atoms with Crippen LogP contribution >= 0.6 is 0 Å². The molecule has 0 atom stereocenters. The summed E-state index contributed by atoms with van der Waals surface area (Å²) >= 11 is 0. The Labute approximate surface area is 147 Å². The number of piperazine rings is 1. The van der Waals surface area contributed by atoms with Crippen LogP contribution in [0.5, 0.6) is 0 Å². The molecule has 0 spiro atoms. The monoisotopic (exact) mass is 332 g/mol. The maximum atomic E-state index is 12.1. The van der Waals surface area contributed by atoms with Gasteiger partial charge in [-0.1, -0.05) is 37.3 Å². The highest BCUT2D eigenvalue weighted by Gasteiger charge is 2.25. The van der Waals surface area contributed by atoms with Crippen LogP contribution < -0.4 is 5.32 Å². The number of aryl methyl sites for hydroxylation is 1. The third-order valence-corrected chi connectivity index (χ3v) is 4.65. The van der Waals surface area contributed by atoms with Crippen molar-refractivity contribution < 1.29 is 4.79 Å². The molecule has 2 aromatic rings. The number of rotatable bonds is 3. The van der Waals surface area contributed by atoms with Gasteiger partial charge in [0.2, 0.25) is 0 Å². The first-order valence-corrected chi connectivity index (χ1v) is 8.63.